The SMILES string of the molecule is COc1ccc(N2CCN(CCCNc3ncnc4nc[nH]c34)CC2)cc1. The molecule has 1 aliphatic heterocycles. The van der Waals surface area contributed by atoms with E-state index in [1.54, 1.807) is 19.8 Å². The number of ether oxygens (including phenoxy) is 1. The molecule has 0 aliphatic carbocycles. The van der Waals surface area contributed by atoms with Crippen LogP contribution in [0.25, 0.3) is 11.2 Å². The van der Waals surface area contributed by atoms with Gasteiger partial charge in [-0.25, -0.2) is 15.0 Å². The van der Waals surface area contributed by atoms with Gasteiger partial charge in [0.2, 0.25) is 0 Å². The Bertz CT molecular complexity index is 856. The van der Waals surface area contributed by atoms with Gasteiger partial charge in [0.15, 0.2) is 11.5 Å². The summed E-state index contributed by atoms with van der Waals surface area (Å²) >= 11 is 0. The number of imidazole rings is 1. The summed E-state index contributed by atoms with van der Waals surface area (Å²) in [5.41, 5.74) is 2.83. The van der Waals surface area contributed by atoms with E-state index in [0.29, 0.717) is 5.65 Å². The lowest BCUT2D eigenvalue weighted by Crippen LogP contribution is -2.46. The first-order valence-corrected chi connectivity index (χ1v) is 9.33. The molecule has 1 saturated heterocycles. The quantitative estimate of drug-likeness (QED) is 0.618. The van der Waals surface area contributed by atoms with Crippen molar-refractivity contribution in [1.82, 2.24) is 24.8 Å². The lowest BCUT2D eigenvalue weighted by molar-refractivity contribution is 0.257. The second-order valence-corrected chi connectivity index (χ2v) is 6.63. The van der Waals surface area contributed by atoms with Gasteiger partial charge in [0.1, 0.15) is 17.6 Å². The molecule has 0 radical (unpaired) electrons. The molecule has 0 bridgehead atoms. The van der Waals surface area contributed by atoms with E-state index < -0.39 is 0 Å². The Morgan fingerprint density at radius 2 is 1.89 bits per heavy atom. The molecule has 0 spiro atoms. The molecule has 2 N–H and O–H groups in total. The van der Waals surface area contributed by atoms with Crippen molar-refractivity contribution in [1.29, 1.82) is 0 Å². The van der Waals surface area contributed by atoms with E-state index in [0.717, 1.165) is 62.8 Å². The maximum atomic E-state index is 5.23. The number of hydrogen-bond acceptors (Lipinski definition) is 7. The predicted octanol–water partition coefficient (Wildman–Crippen LogP) is 1.99. The van der Waals surface area contributed by atoms with E-state index in [1.807, 2.05) is 12.1 Å². The van der Waals surface area contributed by atoms with Gasteiger partial charge in [-0.3, -0.25) is 4.90 Å². The number of benzene rings is 1. The fraction of sp³-hybridized carbons (Fsp3) is 0.421. The second kappa shape index (κ2) is 8.22. The summed E-state index contributed by atoms with van der Waals surface area (Å²) in [6.45, 7) is 6.25. The highest BCUT2D eigenvalue weighted by molar-refractivity contribution is 5.81. The Morgan fingerprint density at radius 1 is 1.07 bits per heavy atom. The van der Waals surface area contributed by atoms with Crippen molar-refractivity contribution < 1.29 is 4.74 Å². The molecule has 3 aromatic rings. The molecule has 0 unspecified atom stereocenters. The topological polar surface area (TPSA) is 82.2 Å². The molecule has 3 heterocycles. The number of aromatic amines is 1. The summed E-state index contributed by atoms with van der Waals surface area (Å²) in [6.07, 6.45) is 4.26. The van der Waals surface area contributed by atoms with Gasteiger partial charge in [0.25, 0.3) is 0 Å². The molecule has 0 atom stereocenters. The summed E-state index contributed by atoms with van der Waals surface area (Å²) < 4.78 is 5.23. The molecule has 8 nitrogen and oxygen atoms in total. The fourth-order valence-corrected chi connectivity index (χ4v) is 3.43. The number of nitrogens with zero attached hydrogens (tertiary/aromatic N) is 5. The van der Waals surface area contributed by atoms with Crippen LogP contribution in [0.1, 0.15) is 6.42 Å². The number of fused-ring (bicyclic) bond motifs is 1. The van der Waals surface area contributed by atoms with E-state index in [2.05, 4.69) is 47.2 Å². The van der Waals surface area contributed by atoms with Crippen molar-refractivity contribution in [3.63, 3.8) is 0 Å². The summed E-state index contributed by atoms with van der Waals surface area (Å²) in [6, 6.07) is 8.32. The number of piperazine rings is 1. The van der Waals surface area contributed by atoms with Crippen molar-refractivity contribution in [2.75, 3.05) is 56.6 Å². The van der Waals surface area contributed by atoms with Crippen LogP contribution >= 0.6 is 0 Å². The first-order valence-electron chi connectivity index (χ1n) is 9.33. The molecule has 1 fully saturated rings. The van der Waals surface area contributed by atoms with Gasteiger partial charge in [-0.15, -0.1) is 0 Å². The van der Waals surface area contributed by atoms with Crippen LogP contribution in [0.3, 0.4) is 0 Å². The van der Waals surface area contributed by atoms with E-state index in [9.17, 15) is 0 Å². The lowest BCUT2D eigenvalue weighted by Gasteiger charge is -2.36. The van der Waals surface area contributed by atoms with Crippen molar-refractivity contribution >= 4 is 22.7 Å². The minimum atomic E-state index is 0.696. The Kier molecular flexibility index (Phi) is 5.34. The van der Waals surface area contributed by atoms with Crippen LogP contribution in [-0.4, -0.2) is 71.2 Å². The molecular weight excluding hydrogens is 342 g/mol. The van der Waals surface area contributed by atoms with Crippen LogP contribution < -0.4 is 15.0 Å². The monoisotopic (exact) mass is 367 g/mol. The minimum Gasteiger partial charge on any atom is -0.497 e. The summed E-state index contributed by atoms with van der Waals surface area (Å²) in [5, 5.41) is 3.39. The molecule has 27 heavy (non-hydrogen) atoms. The van der Waals surface area contributed by atoms with Crippen molar-refractivity contribution in [2.24, 2.45) is 0 Å². The molecule has 0 saturated carbocycles. The number of rotatable bonds is 7. The minimum absolute atomic E-state index is 0.696. The summed E-state index contributed by atoms with van der Waals surface area (Å²) in [5.74, 6) is 1.72. The number of aromatic nitrogens is 4. The third kappa shape index (κ3) is 4.11. The maximum Gasteiger partial charge on any atom is 0.182 e. The zero-order chi connectivity index (χ0) is 18.5. The van der Waals surface area contributed by atoms with Gasteiger partial charge in [-0.05, 0) is 37.2 Å². The standard InChI is InChI=1S/C19H25N7O/c1-27-16-5-3-15(4-6-16)26-11-9-25(10-12-26)8-2-7-20-18-17-19(22-13-21-17)24-14-23-18/h3-6,13-14H,2,7-12H2,1H3,(H2,20,21,22,23,24). The Balaban J connectivity index is 1.20. The average molecular weight is 367 g/mol. The highest BCUT2D eigenvalue weighted by Crippen LogP contribution is 2.20. The zero-order valence-electron chi connectivity index (χ0n) is 15.6. The van der Waals surface area contributed by atoms with Crippen LogP contribution in [0, 0.1) is 0 Å². The predicted molar refractivity (Wildman–Crippen MR) is 106 cm³/mol. The number of hydrogen-bond donors (Lipinski definition) is 2. The molecule has 142 valence electrons. The normalized spacial score (nSPS) is 15.2. The van der Waals surface area contributed by atoms with Gasteiger partial charge in [0.05, 0.1) is 13.4 Å². The number of anilines is 2. The molecule has 1 aliphatic rings. The van der Waals surface area contributed by atoms with Crippen molar-refractivity contribution in [2.45, 2.75) is 6.42 Å². The Labute approximate surface area is 158 Å². The first kappa shape index (κ1) is 17.5. The fourth-order valence-electron chi connectivity index (χ4n) is 3.43. The van der Waals surface area contributed by atoms with Gasteiger partial charge in [0, 0.05) is 38.4 Å². The maximum absolute atomic E-state index is 5.23. The molecule has 0 amide bonds. The summed E-state index contributed by atoms with van der Waals surface area (Å²) in [4.78, 5) is 20.6. The highest BCUT2D eigenvalue weighted by Gasteiger charge is 2.16. The smallest absolute Gasteiger partial charge is 0.182 e. The number of H-pyrrole nitrogens is 1. The third-order valence-corrected chi connectivity index (χ3v) is 4.98. The molecule has 8 heteroatoms. The molecular formula is C19H25N7O. The molecule has 1 aromatic carbocycles. The van der Waals surface area contributed by atoms with Gasteiger partial charge in [-0.2, -0.15) is 0 Å². The van der Waals surface area contributed by atoms with E-state index in [-0.39, 0.29) is 0 Å². The van der Waals surface area contributed by atoms with Crippen LogP contribution in [0.2, 0.25) is 0 Å². The zero-order valence-corrected chi connectivity index (χ0v) is 15.6. The van der Waals surface area contributed by atoms with Crippen LogP contribution in [0.15, 0.2) is 36.9 Å². The van der Waals surface area contributed by atoms with Crippen LogP contribution in [0.5, 0.6) is 5.75 Å². The highest BCUT2D eigenvalue weighted by atomic mass is 16.5. The lowest BCUT2D eigenvalue weighted by atomic mass is 10.2. The average Bonchev–Trinajstić information content (AvgIpc) is 3.21. The first-order chi connectivity index (χ1) is 13.3. The largest absolute Gasteiger partial charge is 0.497 e. The van der Waals surface area contributed by atoms with E-state index >= 15 is 0 Å². The third-order valence-electron chi connectivity index (χ3n) is 4.98. The van der Waals surface area contributed by atoms with Gasteiger partial charge < -0.3 is 19.9 Å². The molecule has 2 aromatic heterocycles. The summed E-state index contributed by atoms with van der Waals surface area (Å²) in [7, 11) is 1.70. The van der Waals surface area contributed by atoms with Gasteiger partial charge >= 0.3 is 0 Å². The Hall–Kier alpha value is -2.87. The van der Waals surface area contributed by atoms with E-state index in [1.165, 1.54) is 5.69 Å². The van der Waals surface area contributed by atoms with Gasteiger partial charge in [-0.1, -0.05) is 0 Å². The van der Waals surface area contributed by atoms with E-state index in [4.69, 9.17) is 4.74 Å². The van der Waals surface area contributed by atoms with Crippen LogP contribution in [0.4, 0.5) is 11.5 Å². The number of methoxy groups -OCH3 is 1. The van der Waals surface area contributed by atoms with Crippen molar-refractivity contribution in [3.8, 4) is 5.75 Å². The Morgan fingerprint density at radius 3 is 2.67 bits per heavy atom. The second-order valence-electron chi connectivity index (χ2n) is 6.63. The van der Waals surface area contributed by atoms with Crippen molar-refractivity contribution in [3.05, 3.63) is 36.9 Å². The van der Waals surface area contributed by atoms with Crippen LogP contribution in [-0.2, 0) is 0 Å². The number of nitrogens with one attached hydrogen (secondary N) is 2. The molecule has 4 rings (SSSR count).